The number of aryl methyl sites for hydroxylation is 1. The van der Waals surface area contributed by atoms with Crippen molar-refractivity contribution in [2.45, 2.75) is 38.3 Å². The zero-order valence-corrected chi connectivity index (χ0v) is 19.1. The number of piperidine rings is 1. The molecule has 0 unspecified atom stereocenters. The fourth-order valence-electron chi connectivity index (χ4n) is 4.34. The van der Waals surface area contributed by atoms with E-state index in [0.29, 0.717) is 16.4 Å². The van der Waals surface area contributed by atoms with Crippen LogP contribution in [0.1, 0.15) is 47.9 Å². The number of ether oxygens (including phenoxy) is 1. The van der Waals surface area contributed by atoms with Crippen LogP contribution in [0.5, 0.6) is 0 Å². The maximum absolute atomic E-state index is 12.8. The van der Waals surface area contributed by atoms with Crippen molar-refractivity contribution in [3.05, 3.63) is 45.1 Å². The molecule has 1 saturated heterocycles. The fourth-order valence-corrected chi connectivity index (χ4v) is 4.88. The molecule has 0 aliphatic carbocycles. The highest BCUT2D eigenvalue weighted by Gasteiger charge is 2.33. The van der Waals surface area contributed by atoms with E-state index < -0.39 is 0 Å². The monoisotopic (exact) mass is 494 g/mol. The number of esters is 1. The van der Waals surface area contributed by atoms with E-state index in [0.717, 1.165) is 55.5 Å². The van der Waals surface area contributed by atoms with Crippen LogP contribution in [0.15, 0.2) is 28.7 Å². The first-order valence-corrected chi connectivity index (χ1v) is 11.3. The second-order valence-corrected chi connectivity index (χ2v) is 8.96. The van der Waals surface area contributed by atoms with E-state index in [1.807, 2.05) is 22.9 Å². The average molecular weight is 496 g/mol. The van der Waals surface area contributed by atoms with Crippen molar-refractivity contribution in [3.8, 4) is 0 Å². The van der Waals surface area contributed by atoms with Crippen LogP contribution in [0.2, 0.25) is 5.02 Å². The van der Waals surface area contributed by atoms with Crippen molar-refractivity contribution in [2.24, 2.45) is 5.92 Å². The van der Waals surface area contributed by atoms with Crippen LogP contribution in [-0.2, 0) is 16.1 Å². The third-order valence-corrected chi connectivity index (χ3v) is 7.23. The molecule has 1 aromatic heterocycles. The lowest BCUT2D eigenvalue weighted by molar-refractivity contribution is -0.147. The molecule has 1 amide bonds. The molecule has 0 saturated carbocycles. The quantitative estimate of drug-likeness (QED) is 0.641. The highest BCUT2D eigenvalue weighted by atomic mass is 79.9. The molecule has 4 rings (SSSR count). The molecule has 0 bridgehead atoms. The Labute approximate surface area is 188 Å². The number of nitrogens with zero attached hydrogens (tertiary/aromatic N) is 3. The number of likely N-dealkylation sites (tertiary alicyclic amines) is 1. The standard InChI is InChI=1S/C21H24BrClN4O3/c1-30-21(29)13-7-10-26(11-8-13)17-6-3-9-27-18(17)12-16(25-27)20(28)24-15-5-2-4-14(22)19(15)23/h2,4-5,12-13,17H,3,6-11H2,1H3,(H,24,28)/t17-/m1/s1. The Bertz CT molecular complexity index is 956. The van der Waals surface area contributed by atoms with Crippen LogP contribution in [-0.4, -0.2) is 46.8 Å². The molecule has 2 aliphatic rings. The van der Waals surface area contributed by atoms with Gasteiger partial charge in [-0.05, 0) is 72.9 Å². The lowest BCUT2D eigenvalue weighted by Crippen LogP contribution is -2.40. The zero-order valence-electron chi connectivity index (χ0n) is 16.7. The number of carbonyl (C=O) groups is 2. The third-order valence-electron chi connectivity index (χ3n) is 5.94. The highest BCUT2D eigenvalue weighted by molar-refractivity contribution is 9.10. The van der Waals surface area contributed by atoms with Crippen LogP contribution < -0.4 is 5.32 Å². The molecule has 1 fully saturated rings. The van der Waals surface area contributed by atoms with Gasteiger partial charge in [-0.25, -0.2) is 0 Å². The Morgan fingerprint density at radius 2 is 2.00 bits per heavy atom. The van der Waals surface area contributed by atoms with Gasteiger partial charge in [0, 0.05) is 11.0 Å². The van der Waals surface area contributed by atoms with Crippen LogP contribution in [0.25, 0.3) is 0 Å². The minimum atomic E-state index is -0.278. The van der Waals surface area contributed by atoms with Crippen molar-refractivity contribution in [1.29, 1.82) is 0 Å². The molecular weight excluding hydrogens is 472 g/mol. The predicted octanol–water partition coefficient (Wildman–Crippen LogP) is 4.27. The smallest absolute Gasteiger partial charge is 0.308 e. The van der Waals surface area contributed by atoms with Gasteiger partial charge >= 0.3 is 5.97 Å². The van der Waals surface area contributed by atoms with Gasteiger partial charge in [0.1, 0.15) is 0 Å². The lowest BCUT2D eigenvalue weighted by Gasteiger charge is -2.38. The van der Waals surface area contributed by atoms with Gasteiger partial charge in [0.25, 0.3) is 5.91 Å². The van der Waals surface area contributed by atoms with Gasteiger partial charge in [-0.3, -0.25) is 19.2 Å². The summed E-state index contributed by atoms with van der Waals surface area (Å²) in [5, 5.41) is 7.86. The van der Waals surface area contributed by atoms with Gasteiger partial charge in [0.2, 0.25) is 0 Å². The number of benzene rings is 1. The predicted molar refractivity (Wildman–Crippen MR) is 118 cm³/mol. The van der Waals surface area contributed by atoms with Crippen molar-refractivity contribution >= 4 is 45.1 Å². The summed E-state index contributed by atoms with van der Waals surface area (Å²) in [6.45, 7) is 2.48. The van der Waals surface area contributed by atoms with Gasteiger partial charge in [-0.2, -0.15) is 5.10 Å². The normalized spacial score (nSPS) is 19.9. The highest BCUT2D eigenvalue weighted by Crippen LogP contribution is 2.35. The number of anilines is 1. The Kier molecular flexibility index (Phi) is 6.46. The molecule has 3 heterocycles. The molecule has 7 nitrogen and oxygen atoms in total. The van der Waals surface area contributed by atoms with E-state index in [4.69, 9.17) is 16.3 Å². The summed E-state index contributed by atoms with van der Waals surface area (Å²) in [6.07, 6.45) is 3.62. The number of aromatic nitrogens is 2. The third kappa shape index (κ3) is 4.26. The Morgan fingerprint density at radius 1 is 1.23 bits per heavy atom. The second-order valence-electron chi connectivity index (χ2n) is 7.72. The van der Waals surface area contributed by atoms with Gasteiger partial charge < -0.3 is 10.1 Å². The van der Waals surface area contributed by atoms with E-state index in [1.54, 1.807) is 6.07 Å². The molecule has 0 spiro atoms. The summed E-state index contributed by atoms with van der Waals surface area (Å²) < 4.78 is 7.56. The maximum Gasteiger partial charge on any atom is 0.308 e. The Balaban J connectivity index is 1.48. The lowest BCUT2D eigenvalue weighted by atomic mass is 9.93. The van der Waals surface area contributed by atoms with E-state index in [9.17, 15) is 9.59 Å². The largest absolute Gasteiger partial charge is 0.469 e. The number of hydrogen-bond acceptors (Lipinski definition) is 5. The molecular formula is C21H24BrClN4O3. The molecule has 0 radical (unpaired) electrons. The average Bonchev–Trinajstić information content (AvgIpc) is 3.21. The van der Waals surface area contributed by atoms with Crippen molar-refractivity contribution in [2.75, 3.05) is 25.5 Å². The molecule has 1 aromatic carbocycles. The van der Waals surface area contributed by atoms with Crippen molar-refractivity contribution in [1.82, 2.24) is 14.7 Å². The second kappa shape index (κ2) is 9.08. The molecule has 1 atom stereocenters. The molecule has 1 N–H and O–H groups in total. The summed E-state index contributed by atoms with van der Waals surface area (Å²) in [4.78, 5) is 27.0. The van der Waals surface area contributed by atoms with Gasteiger partial charge in [0.15, 0.2) is 5.69 Å². The number of carbonyl (C=O) groups excluding carboxylic acids is 2. The topological polar surface area (TPSA) is 76.5 Å². The first-order valence-electron chi connectivity index (χ1n) is 10.1. The zero-order chi connectivity index (χ0) is 21.3. The minimum Gasteiger partial charge on any atom is -0.469 e. The van der Waals surface area contributed by atoms with E-state index in [2.05, 4.69) is 31.2 Å². The minimum absolute atomic E-state index is 0.0176. The Hall–Kier alpha value is -1.90. The fraction of sp³-hybridized carbons (Fsp3) is 0.476. The molecule has 2 aliphatic heterocycles. The molecule has 160 valence electrons. The summed E-state index contributed by atoms with van der Waals surface area (Å²) in [6, 6.07) is 7.49. The van der Waals surface area contributed by atoms with Gasteiger partial charge in [0.05, 0.1) is 35.5 Å². The number of methoxy groups -OCH3 is 1. The summed E-state index contributed by atoms with van der Waals surface area (Å²) >= 11 is 9.64. The van der Waals surface area contributed by atoms with Crippen LogP contribution in [0, 0.1) is 5.92 Å². The van der Waals surface area contributed by atoms with Crippen LogP contribution in [0.4, 0.5) is 5.69 Å². The number of nitrogens with one attached hydrogen (secondary N) is 1. The van der Waals surface area contributed by atoms with E-state index in [1.165, 1.54) is 7.11 Å². The first kappa shape index (κ1) is 21.3. The number of halogens is 2. The number of amides is 1. The SMILES string of the molecule is COC(=O)C1CCN([C@@H]2CCCn3nc(C(=O)Nc4cccc(Br)c4Cl)cc32)CC1. The van der Waals surface area contributed by atoms with Crippen LogP contribution >= 0.6 is 27.5 Å². The molecule has 2 aromatic rings. The first-order chi connectivity index (χ1) is 14.5. The van der Waals surface area contributed by atoms with Crippen molar-refractivity contribution < 1.29 is 14.3 Å². The Morgan fingerprint density at radius 3 is 2.73 bits per heavy atom. The summed E-state index contributed by atoms with van der Waals surface area (Å²) in [7, 11) is 1.45. The van der Waals surface area contributed by atoms with Crippen LogP contribution in [0.3, 0.4) is 0 Å². The maximum atomic E-state index is 12.8. The molecule has 9 heteroatoms. The number of fused-ring (bicyclic) bond motifs is 1. The van der Waals surface area contributed by atoms with E-state index in [-0.39, 0.29) is 23.8 Å². The molecule has 30 heavy (non-hydrogen) atoms. The summed E-state index contributed by atoms with van der Waals surface area (Å²) in [5.74, 6) is -0.412. The number of hydrogen-bond donors (Lipinski definition) is 1. The van der Waals surface area contributed by atoms with Gasteiger partial charge in [-0.15, -0.1) is 0 Å². The van der Waals surface area contributed by atoms with Gasteiger partial charge in [-0.1, -0.05) is 17.7 Å². The van der Waals surface area contributed by atoms with E-state index >= 15 is 0 Å². The number of rotatable bonds is 4. The summed E-state index contributed by atoms with van der Waals surface area (Å²) in [5.41, 5.74) is 1.99. The van der Waals surface area contributed by atoms with Crippen molar-refractivity contribution in [3.63, 3.8) is 0 Å².